The summed E-state index contributed by atoms with van der Waals surface area (Å²) in [6.07, 6.45) is 7.77. The molecule has 3 rings (SSSR count). The molecule has 1 heterocycles. The average molecular weight is 384 g/mol. The molecule has 6 nitrogen and oxygen atoms in total. The Morgan fingerprint density at radius 2 is 1.89 bits per heavy atom. The summed E-state index contributed by atoms with van der Waals surface area (Å²) in [5.74, 6) is 0.0503. The highest BCUT2D eigenvalue weighted by atomic mass is 16.5. The normalized spacial score (nSPS) is 20.4. The zero-order valence-electron chi connectivity index (χ0n) is 16.5. The molecule has 0 aliphatic heterocycles. The molecule has 1 fully saturated rings. The van der Waals surface area contributed by atoms with Gasteiger partial charge >= 0.3 is 11.9 Å². The van der Waals surface area contributed by atoms with Crippen LogP contribution in [-0.4, -0.2) is 28.8 Å². The fourth-order valence-electron chi connectivity index (χ4n) is 3.73. The van der Waals surface area contributed by atoms with Crippen LogP contribution in [0.5, 0.6) is 0 Å². The van der Waals surface area contributed by atoms with Crippen LogP contribution in [0.15, 0.2) is 42.7 Å². The number of hydrogen-bond acceptors (Lipinski definition) is 5. The molecular formula is C22H28N2O4. The van der Waals surface area contributed by atoms with Gasteiger partial charge in [0.05, 0.1) is 31.7 Å². The van der Waals surface area contributed by atoms with Crippen LogP contribution in [-0.2, 0) is 25.7 Å². The molecule has 1 aromatic heterocycles. The van der Waals surface area contributed by atoms with E-state index in [1.54, 1.807) is 0 Å². The predicted molar refractivity (Wildman–Crippen MR) is 105 cm³/mol. The van der Waals surface area contributed by atoms with Crippen molar-refractivity contribution in [1.82, 2.24) is 9.78 Å². The number of carbonyl (C=O) groups is 2. The Hall–Kier alpha value is -2.63. The molecule has 28 heavy (non-hydrogen) atoms. The first kappa shape index (κ1) is 20.1. The van der Waals surface area contributed by atoms with Crippen molar-refractivity contribution in [1.29, 1.82) is 0 Å². The van der Waals surface area contributed by atoms with Crippen molar-refractivity contribution < 1.29 is 19.1 Å². The molecule has 1 aliphatic carbocycles. The summed E-state index contributed by atoms with van der Waals surface area (Å²) in [7, 11) is 1.40. The monoisotopic (exact) mass is 384 g/mol. The van der Waals surface area contributed by atoms with Crippen LogP contribution in [0.2, 0.25) is 0 Å². The number of esters is 2. The number of hydrogen-bond donors (Lipinski definition) is 0. The van der Waals surface area contributed by atoms with Gasteiger partial charge in [0.1, 0.15) is 6.61 Å². The van der Waals surface area contributed by atoms with Gasteiger partial charge in [0.2, 0.25) is 0 Å². The quantitative estimate of drug-likeness (QED) is 0.674. The predicted octanol–water partition coefficient (Wildman–Crippen LogP) is 4.02. The van der Waals surface area contributed by atoms with E-state index in [-0.39, 0.29) is 23.9 Å². The Bertz CT molecular complexity index is 779. The highest BCUT2D eigenvalue weighted by Gasteiger charge is 2.29. The third-order valence-corrected chi connectivity index (χ3v) is 5.52. The third kappa shape index (κ3) is 5.21. The van der Waals surface area contributed by atoms with Crippen LogP contribution < -0.4 is 0 Å². The highest BCUT2D eigenvalue weighted by Crippen LogP contribution is 2.36. The maximum atomic E-state index is 12.4. The van der Waals surface area contributed by atoms with E-state index in [0.717, 1.165) is 31.2 Å². The van der Waals surface area contributed by atoms with Gasteiger partial charge in [-0.25, -0.2) is 0 Å². The van der Waals surface area contributed by atoms with Gasteiger partial charge in [0, 0.05) is 6.20 Å². The topological polar surface area (TPSA) is 70.4 Å². The molecule has 150 valence electrons. The number of benzene rings is 1. The van der Waals surface area contributed by atoms with Crippen LogP contribution in [0, 0.1) is 5.92 Å². The summed E-state index contributed by atoms with van der Waals surface area (Å²) in [5.41, 5.74) is 2.19. The Balaban J connectivity index is 1.47. The molecule has 2 aromatic rings. The van der Waals surface area contributed by atoms with Gasteiger partial charge in [-0.1, -0.05) is 30.3 Å². The zero-order chi connectivity index (χ0) is 19.9. The average Bonchev–Trinajstić information content (AvgIpc) is 3.23. The van der Waals surface area contributed by atoms with Gasteiger partial charge in [0.15, 0.2) is 0 Å². The lowest BCUT2D eigenvalue weighted by Crippen LogP contribution is -2.23. The first-order chi connectivity index (χ1) is 13.6. The van der Waals surface area contributed by atoms with Gasteiger partial charge in [-0.2, -0.15) is 5.10 Å². The third-order valence-electron chi connectivity index (χ3n) is 5.52. The van der Waals surface area contributed by atoms with Crippen LogP contribution >= 0.6 is 0 Å². The number of aromatic nitrogens is 2. The molecule has 1 saturated carbocycles. The van der Waals surface area contributed by atoms with E-state index < -0.39 is 0 Å². The van der Waals surface area contributed by atoms with Crippen LogP contribution in [0.1, 0.15) is 62.1 Å². The number of carbonyl (C=O) groups excluding carboxylic acids is 2. The Morgan fingerprint density at radius 3 is 2.57 bits per heavy atom. The minimum Gasteiger partial charge on any atom is -0.469 e. The first-order valence-corrected chi connectivity index (χ1v) is 9.88. The molecule has 0 radical (unpaired) electrons. The fraction of sp³-hybridized carbons (Fsp3) is 0.500. The van der Waals surface area contributed by atoms with Gasteiger partial charge in [-0.3, -0.25) is 14.3 Å². The molecular weight excluding hydrogens is 356 g/mol. The van der Waals surface area contributed by atoms with Gasteiger partial charge in [-0.15, -0.1) is 0 Å². The number of methoxy groups -OCH3 is 1. The molecule has 1 unspecified atom stereocenters. The van der Waals surface area contributed by atoms with Crippen molar-refractivity contribution in [3.63, 3.8) is 0 Å². The van der Waals surface area contributed by atoms with Crippen molar-refractivity contribution in [2.45, 2.75) is 57.6 Å². The molecule has 0 amide bonds. The van der Waals surface area contributed by atoms with Crippen molar-refractivity contribution >= 4 is 11.9 Å². The summed E-state index contributed by atoms with van der Waals surface area (Å²) in [5, 5.41) is 4.41. The van der Waals surface area contributed by atoms with Crippen molar-refractivity contribution in [2.24, 2.45) is 5.92 Å². The van der Waals surface area contributed by atoms with Crippen molar-refractivity contribution in [3.05, 3.63) is 53.9 Å². The summed E-state index contributed by atoms with van der Waals surface area (Å²) < 4.78 is 12.0. The first-order valence-electron chi connectivity index (χ1n) is 9.88. The Morgan fingerprint density at radius 1 is 1.18 bits per heavy atom. The molecule has 1 aliphatic rings. The molecule has 0 saturated heterocycles. The second-order valence-electron chi connectivity index (χ2n) is 7.52. The van der Waals surface area contributed by atoms with E-state index in [4.69, 9.17) is 9.47 Å². The lowest BCUT2D eigenvalue weighted by atomic mass is 9.79. The summed E-state index contributed by atoms with van der Waals surface area (Å²) in [6, 6.07) is 9.73. The number of ether oxygens (including phenoxy) is 2. The van der Waals surface area contributed by atoms with Gasteiger partial charge < -0.3 is 9.47 Å². The Labute approximate surface area is 165 Å². The molecule has 0 N–H and O–H groups in total. The molecule has 0 bridgehead atoms. The molecule has 1 aromatic carbocycles. The van der Waals surface area contributed by atoms with Crippen LogP contribution in [0.25, 0.3) is 0 Å². The van der Waals surface area contributed by atoms with E-state index in [1.807, 2.05) is 54.3 Å². The zero-order valence-corrected chi connectivity index (χ0v) is 16.5. The van der Waals surface area contributed by atoms with E-state index in [9.17, 15) is 9.59 Å². The SMILES string of the molecule is COC(=O)CC(C)n1cc(C2CCC(C(=O)OCc3ccccc3)CC2)cn1. The lowest BCUT2D eigenvalue weighted by molar-refractivity contribution is -0.151. The summed E-state index contributed by atoms with van der Waals surface area (Å²) in [4.78, 5) is 23.8. The van der Waals surface area contributed by atoms with Crippen molar-refractivity contribution in [2.75, 3.05) is 7.11 Å². The van der Waals surface area contributed by atoms with E-state index in [1.165, 1.54) is 12.7 Å². The van der Waals surface area contributed by atoms with Crippen LogP contribution in [0.3, 0.4) is 0 Å². The highest BCUT2D eigenvalue weighted by molar-refractivity contribution is 5.72. The maximum absolute atomic E-state index is 12.4. The minimum atomic E-state index is -0.237. The summed E-state index contributed by atoms with van der Waals surface area (Å²) in [6.45, 7) is 2.29. The Kier molecular flexibility index (Phi) is 6.85. The van der Waals surface area contributed by atoms with Gasteiger partial charge in [-0.05, 0) is 49.7 Å². The second kappa shape index (κ2) is 9.53. The molecule has 1 atom stereocenters. The van der Waals surface area contributed by atoms with E-state index in [2.05, 4.69) is 5.10 Å². The maximum Gasteiger partial charge on any atom is 0.309 e. The standard InChI is InChI=1S/C22H28N2O4/c1-16(12-21(25)27-2)24-14-20(13-23-24)18-8-10-19(11-9-18)22(26)28-15-17-6-4-3-5-7-17/h3-7,13-14,16,18-19H,8-12,15H2,1-2H3. The minimum absolute atomic E-state index is 0.0201. The van der Waals surface area contributed by atoms with E-state index in [0.29, 0.717) is 18.9 Å². The van der Waals surface area contributed by atoms with Gasteiger partial charge in [0.25, 0.3) is 0 Å². The summed E-state index contributed by atoms with van der Waals surface area (Å²) >= 11 is 0. The van der Waals surface area contributed by atoms with Crippen LogP contribution in [0.4, 0.5) is 0 Å². The molecule has 6 heteroatoms. The number of rotatable bonds is 7. The van der Waals surface area contributed by atoms with Crippen molar-refractivity contribution in [3.8, 4) is 0 Å². The smallest absolute Gasteiger partial charge is 0.309 e. The second-order valence-corrected chi connectivity index (χ2v) is 7.52. The lowest BCUT2D eigenvalue weighted by Gasteiger charge is -2.26. The largest absolute Gasteiger partial charge is 0.469 e. The van der Waals surface area contributed by atoms with E-state index >= 15 is 0 Å². The fourth-order valence-corrected chi connectivity index (χ4v) is 3.73. The number of nitrogens with zero attached hydrogens (tertiary/aromatic N) is 2. The molecule has 0 spiro atoms.